The number of benzene rings is 1. The lowest BCUT2D eigenvalue weighted by Crippen LogP contribution is -2.03. The molecule has 5 nitrogen and oxygen atoms in total. The van der Waals surface area contributed by atoms with Crippen LogP contribution in [0.2, 0.25) is 0 Å². The van der Waals surface area contributed by atoms with Gasteiger partial charge in [-0.3, -0.25) is 0 Å². The van der Waals surface area contributed by atoms with Crippen LogP contribution in [0.3, 0.4) is 0 Å². The SMILES string of the molecule is O=C(O)c1nn(-c2ccc(I)cc2)cc1CCCO. The molecule has 2 N–H and O–H groups in total. The Hall–Kier alpha value is -1.41. The molecular weight excluding hydrogens is 359 g/mol. The number of carboxylic acids is 1. The van der Waals surface area contributed by atoms with Crippen LogP contribution in [0.1, 0.15) is 22.5 Å². The number of aryl methyl sites for hydroxylation is 1. The van der Waals surface area contributed by atoms with Crippen LogP contribution < -0.4 is 0 Å². The summed E-state index contributed by atoms with van der Waals surface area (Å²) in [6, 6.07) is 7.64. The molecule has 100 valence electrons. The van der Waals surface area contributed by atoms with Crippen LogP contribution in [0.25, 0.3) is 5.69 Å². The number of nitrogens with zero attached hydrogens (tertiary/aromatic N) is 2. The fourth-order valence-electron chi connectivity index (χ4n) is 1.77. The van der Waals surface area contributed by atoms with Crippen molar-refractivity contribution in [2.45, 2.75) is 12.8 Å². The third kappa shape index (κ3) is 3.32. The Bertz CT molecular complexity index is 578. The van der Waals surface area contributed by atoms with Crippen molar-refractivity contribution in [3.05, 3.63) is 45.3 Å². The van der Waals surface area contributed by atoms with Gasteiger partial charge in [-0.15, -0.1) is 0 Å². The van der Waals surface area contributed by atoms with Crippen LogP contribution in [0, 0.1) is 3.57 Å². The van der Waals surface area contributed by atoms with E-state index in [4.69, 9.17) is 10.2 Å². The highest BCUT2D eigenvalue weighted by Gasteiger charge is 2.15. The number of aromatic nitrogens is 2. The topological polar surface area (TPSA) is 75.3 Å². The maximum Gasteiger partial charge on any atom is 0.356 e. The summed E-state index contributed by atoms with van der Waals surface area (Å²) in [7, 11) is 0. The average Bonchev–Trinajstić information content (AvgIpc) is 2.81. The number of aromatic carboxylic acids is 1. The van der Waals surface area contributed by atoms with Gasteiger partial charge < -0.3 is 10.2 Å². The molecule has 2 aromatic rings. The number of aliphatic hydroxyl groups is 1. The fraction of sp³-hybridized carbons (Fsp3) is 0.231. The van der Waals surface area contributed by atoms with Gasteiger partial charge in [0.05, 0.1) is 5.69 Å². The second-order valence-electron chi connectivity index (χ2n) is 4.06. The van der Waals surface area contributed by atoms with E-state index in [9.17, 15) is 4.79 Å². The summed E-state index contributed by atoms with van der Waals surface area (Å²) in [6.07, 6.45) is 2.74. The maximum absolute atomic E-state index is 11.1. The number of hydrogen-bond acceptors (Lipinski definition) is 3. The van der Waals surface area contributed by atoms with Crippen molar-refractivity contribution in [1.82, 2.24) is 9.78 Å². The molecule has 2 rings (SSSR count). The maximum atomic E-state index is 11.1. The van der Waals surface area contributed by atoms with Crippen LogP contribution >= 0.6 is 22.6 Å². The highest BCUT2D eigenvalue weighted by atomic mass is 127. The minimum atomic E-state index is -1.04. The third-order valence-corrected chi connectivity index (χ3v) is 3.41. The molecule has 1 heterocycles. The molecule has 0 aliphatic heterocycles. The van der Waals surface area contributed by atoms with E-state index >= 15 is 0 Å². The monoisotopic (exact) mass is 372 g/mol. The molecule has 1 aromatic carbocycles. The summed E-state index contributed by atoms with van der Waals surface area (Å²) in [5, 5.41) is 22.1. The van der Waals surface area contributed by atoms with E-state index < -0.39 is 5.97 Å². The number of carbonyl (C=O) groups is 1. The predicted octanol–water partition coefficient (Wildman–Crippen LogP) is 2.10. The van der Waals surface area contributed by atoms with Crippen LogP contribution in [0.4, 0.5) is 0 Å². The fourth-order valence-corrected chi connectivity index (χ4v) is 2.13. The number of aliphatic hydroxyl groups excluding tert-OH is 1. The Morgan fingerprint density at radius 3 is 2.58 bits per heavy atom. The Labute approximate surface area is 124 Å². The first-order chi connectivity index (χ1) is 9.11. The van der Waals surface area contributed by atoms with E-state index in [-0.39, 0.29) is 12.3 Å². The van der Waals surface area contributed by atoms with Crippen molar-refractivity contribution in [2.75, 3.05) is 6.61 Å². The molecule has 0 radical (unpaired) electrons. The van der Waals surface area contributed by atoms with Crippen molar-refractivity contribution in [3.8, 4) is 5.69 Å². The van der Waals surface area contributed by atoms with Crippen LogP contribution in [-0.2, 0) is 6.42 Å². The zero-order valence-corrected chi connectivity index (χ0v) is 12.2. The Balaban J connectivity index is 2.36. The standard InChI is InChI=1S/C13H13IN2O3/c14-10-3-5-11(6-4-10)16-8-9(2-1-7-17)12(15-16)13(18)19/h3-6,8,17H,1-2,7H2,(H,18,19). The highest BCUT2D eigenvalue weighted by molar-refractivity contribution is 14.1. The Morgan fingerprint density at radius 2 is 2.00 bits per heavy atom. The van der Waals surface area contributed by atoms with Crippen LogP contribution in [0.5, 0.6) is 0 Å². The molecule has 6 heteroatoms. The quantitative estimate of drug-likeness (QED) is 0.789. The lowest BCUT2D eigenvalue weighted by Gasteiger charge is -2.00. The smallest absolute Gasteiger partial charge is 0.356 e. The van der Waals surface area contributed by atoms with E-state index in [0.29, 0.717) is 18.4 Å². The third-order valence-electron chi connectivity index (χ3n) is 2.69. The first kappa shape index (κ1) is 14.0. The minimum absolute atomic E-state index is 0.0355. The summed E-state index contributed by atoms with van der Waals surface area (Å²) in [4.78, 5) is 11.1. The second kappa shape index (κ2) is 6.16. The first-order valence-electron chi connectivity index (χ1n) is 5.80. The van der Waals surface area contributed by atoms with E-state index in [1.807, 2.05) is 24.3 Å². The van der Waals surface area contributed by atoms with Crippen molar-refractivity contribution in [3.63, 3.8) is 0 Å². The van der Waals surface area contributed by atoms with Gasteiger partial charge in [-0.2, -0.15) is 5.10 Å². The Kier molecular flexibility index (Phi) is 4.54. The van der Waals surface area contributed by atoms with Crippen molar-refractivity contribution in [1.29, 1.82) is 0 Å². The van der Waals surface area contributed by atoms with Gasteiger partial charge in [0.1, 0.15) is 0 Å². The predicted molar refractivity (Wildman–Crippen MR) is 78.6 cm³/mol. The normalized spacial score (nSPS) is 10.6. The van der Waals surface area contributed by atoms with Crippen molar-refractivity contribution < 1.29 is 15.0 Å². The summed E-state index contributed by atoms with van der Waals surface area (Å²) in [5.41, 5.74) is 1.50. The van der Waals surface area contributed by atoms with E-state index in [2.05, 4.69) is 27.7 Å². The number of rotatable bonds is 5. The molecule has 0 atom stereocenters. The van der Waals surface area contributed by atoms with E-state index in [0.717, 1.165) is 9.26 Å². The van der Waals surface area contributed by atoms with E-state index in [1.54, 1.807) is 10.9 Å². The number of carboxylic acid groups (broad SMARTS) is 1. The number of hydrogen-bond donors (Lipinski definition) is 2. The molecule has 19 heavy (non-hydrogen) atoms. The van der Waals surface area contributed by atoms with Crippen LogP contribution in [-0.4, -0.2) is 32.6 Å². The molecule has 0 spiro atoms. The zero-order chi connectivity index (χ0) is 13.8. The van der Waals surface area contributed by atoms with Gasteiger partial charge in [0, 0.05) is 21.9 Å². The molecule has 0 bridgehead atoms. The average molecular weight is 372 g/mol. The first-order valence-corrected chi connectivity index (χ1v) is 6.88. The lowest BCUT2D eigenvalue weighted by atomic mass is 10.1. The van der Waals surface area contributed by atoms with Crippen molar-refractivity contribution in [2.24, 2.45) is 0 Å². The molecule has 0 saturated carbocycles. The van der Waals surface area contributed by atoms with Gasteiger partial charge in [0.15, 0.2) is 5.69 Å². The lowest BCUT2D eigenvalue weighted by molar-refractivity contribution is 0.0688. The summed E-state index contributed by atoms with van der Waals surface area (Å²) >= 11 is 2.21. The summed E-state index contributed by atoms with van der Waals surface area (Å²) in [6.45, 7) is 0.0355. The molecule has 0 fully saturated rings. The van der Waals surface area contributed by atoms with Crippen molar-refractivity contribution >= 4 is 28.6 Å². The van der Waals surface area contributed by atoms with Gasteiger partial charge in [-0.1, -0.05) is 0 Å². The molecule has 0 aliphatic rings. The van der Waals surface area contributed by atoms with Gasteiger partial charge in [0.2, 0.25) is 0 Å². The van der Waals surface area contributed by atoms with Gasteiger partial charge in [-0.05, 0) is 59.7 Å². The Morgan fingerprint density at radius 1 is 1.32 bits per heavy atom. The minimum Gasteiger partial charge on any atom is -0.476 e. The summed E-state index contributed by atoms with van der Waals surface area (Å²) in [5.74, 6) is -1.04. The zero-order valence-electron chi connectivity index (χ0n) is 10.1. The number of halogens is 1. The largest absolute Gasteiger partial charge is 0.476 e. The highest BCUT2D eigenvalue weighted by Crippen LogP contribution is 2.15. The molecule has 1 aromatic heterocycles. The van der Waals surface area contributed by atoms with Gasteiger partial charge in [0.25, 0.3) is 0 Å². The molecule has 0 saturated heterocycles. The molecule has 0 unspecified atom stereocenters. The molecule has 0 aliphatic carbocycles. The van der Waals surface area contributed by atoms with Gasteiger partial charge in [-0.25, -0.2) is 9.48 Å². The molecule has 0 amide bonds. The molecular formula is C13H13IN2O3. The second-order valence-corrected chi connectivity index (χ2v) is 5.30. The van der Waals surface area contributed by atoms with Crippen LogP contribution in [0.15, 0.2) is 30.5 Å². The van der Waals surface area contributed by atoms with E-state index in [1.165, 1.54) is 0 Å². The van der Waals surface area contributed by atoms with Gasteiger partial charge >= 0.3 is 5.97 Å². The summed E-state index contributed by atoms with van der Waals surface area (Å²) < 4.78 is 2.67.